The van der Waals surface area contributed by atoms with Gasteiger partial charge in [0.1, 0.15) is 0 Å². The van der Waals surface area contributed by atoms with Crippen LogP contribution in [-0.2, 0) is 4.79 Å². The first kappa shape index (κ1) is 22.5. The van der Waals surface area contributed by atoms with Crippen LogP contribution >= 0.6 is 0 Å². The van der Waals surface area contributed by atoms with Crippen LogP contribution in [0.4, 0.5) is 0 Å². The summed E-state index contributed by atoms with van der Waals surface area (Å²) in [4.78, 5) is 11.2. The summed E-state index contributed by atoms with van der Waals surface area (Å²) in [7, 11) is 0. The van der Waals surface area contributed by atoms with E-state index in [-0.39, 0.29) is 15.5 Å². The fraction of sp³-hybridized carbons (Fsp3) is 0.944. The molecular formula is C18H35NaOTe. The molecule has 0 aromatic rings. The van der Waals surface area contributed by atoms with Crippen LogP contribution in [0.25, 0.3) is 0 Å². The first-order chi connectivity index (χ1) is 10.3. The molecule has 0 aromatic heterocycles. The Bertz CT molecular complexity index is 221. The SMILES string of the molecule is CCCCCCCCCCCCCCCCCC(=O)[Te][Na]. The molecule has 1 nitrogen and oxygen atoms in total. The molecule has 0 fully saturated rings. The number of carbonyl (C=O) groups excluding carboxylic acids is 1. The second-order valence-electron chi connectivity index (χ2n) is 6.28. The molecule has 0 radical (unpaired) electrons. The van der Waals surface area contributed by atoms with E-state index in [1.807, 2.05) is 0 Å². The van der Waals surface area contributed by atoms with Crippen molar-refractivity contribution in [3.05, 3.63) is 0 Å². The fourth-order valence-corrected chi connectivity index (χ4v) is 5.11. The molecule has 0 heterocycles. The quantitative estimate of drug-likeness (QED) is 0.223. The number of carbonyl (C=O) groups is 1. The van der Waals surface area contributed by atoms with E-state index < -0.39 is 0 Å². The Morgan fingerprint density at radius 1 is 0.667 bits per heavy atom. The van der Waals surface area contributed by atoms with Crippen molar-refractivity contribution < 1.29 is 4.79 Å². The number of rotatable bonds is 17. The van der Waals surface area contributed by atoms with Crippen molar-refractivity contribution >= 4 is 42.9 Å². The third kappa shape index (κ3) is 19.4. The molecule has 0 atom stereocenters. The van der Waals surface area contributed by atoms with Gasteiger partial charge in [0, 0.05) is 0 Å². The van der Waals surface area contributed by atoms with E-state index in [1.54, 1.807) is 0 Å². The van der Waals surface area contributed by atoms with Gasteiger partial charge in [0.2, 0.25) is 0 Å². The zero-order valence-corrected chi connectivity index (χ0v) is 19.0. The average molecular weight is 418 g/mol. The number of hydrogen-bond acceptors (Lipinski definition) is 1. The van der Waals surface area contributed by atoms with Crippen molar-refractivity contribution in [2.24, 2.45) is 0 Å². The molecular weight excluding hydrogens is 383 g/mol. The molecule has 0 aromatic carbocycles. The first-order valence-electron chi connectivity index (χ1n) is 9.38. The second-order valence-corrected chi connectivity index (χ2v) is 11.5. The summed E-state index contributed by atoms with van der Waals surface area (Å²) in [6.45, 7) is 2.29. The van der Waals surface area contributed by atoms with Crippen molar-refractivity contribution in [3.63, 3.8) is 0 Å². The van der Waals surface area contributed by atoms with E-state index in [4.69, 9.17) is 0 Å². The van der Waals surface area contributed by atoms with Crippen LogP contribution in [0.5, 0.6) is 0 Å². The Kier molecular flexibility index (Phi) is 20.9. The zero-order chi connectivity index (χ0) is 15.6. The van der Waals surface area contributed by atoms with Crippen molar-refractivity contribution in [1.29, 1.82) is 0 Å². The molecule has 0 saturated carbocycles. The van der Waals surface area contributed by atoms with Crippen LogP contribution in [0, 0.1) is 0 Å². The Balaban J connectivity index is 2.98. The normalized spacial score (nSPS) is 11.0. The predicted molar refractivity (Wildman–Crippen MR) is 96.1 cm³/mol. The molecule has 120 valence electrons. The van der Waals surface area contributed by atoms with Gasteiger partial charge in [-0.05, 0) is 0 Å². The van der Waals surface area contributed by atoms with Crippen molar-refractivity contribution in [2.45, 2.75) is 110 Å². The van der Waals surface area contributed by atoms with Gasteiger partial charge in [0.05, 0.1) is 0 Å². The van der Waals surface area contributed by atoms with Crippen LogP contribution in [0.15, 0.2) is 0 Å². The van der Waals surface area contributed by atoms with E-state index in [1.165, 1.54) is 120 Å². The molecule has 21 heavy (non-hydrogen) atoms. The third-order valence-electron chi connectivity index (χ3n) is 4.21. The summed E-state index contributed by atoms with van der Waals surface area (Å²) in [5, 5.41) is 0. The molecule has 0 rings (SSSR count). The molecule has 0 bridgehead atoms. The van der Waals surface area contributed by atoms with Crippen LogP contribution in [-0.4, -0.2) is 42.9 Å². The minimum absolute atomic E-state index is 0.157. The monoisotopic (exact) mass is 420 g/mol. The molecule has 0 unspecified atom stereocenters. The standard InChI is InChI=1S/C18H36OTe.Na/c1-2-3-4-5-6-7-8-9-10-11-12-13-14-15-16-17-18(19)20;/h2-17H2,1H3,(H,19,20);/q;+1/p-1. The maximum atomic E-state index is 11.2. The fourth-order valence-electron chi connectivity index (χ4n) is 2.74. The topological polar surface area (TPSA) is 17.1 Å². The van der Waals surface area contributed by atoms with Crippen molar-refractivity contribution in [2.75, 3.05) is 0 Å². The van der Waals surface area contributed by atoms with Crippen LogP contribution in [0.2, 0.25) is 0 Å². The number of unbranched alkanes of at least 4 members (excludes halogenated alkanes) is 14. The van der Waals surface area contributed by atoms with Crippen LogP contribution in [0.3, 0.4) is 0 Å². The van der Waals surface area contributed by atoms with Gasteiger partial charge in [-0.1, -0.05) is 39.0 Å². The molecule has 0 spiro atoms. The van der Waals surface area contributed by atoms with E-state index >= 15 is 0 Å². The summed E-state index contributed by atoms with van der Waals surface area (Å²) in [5.74, 6) is 0. The van der Waals surface area contributed by atoms with Crippen molar-refractivity contribution in [1.82, 2.24) is 0 Å². The van der Waals surface area contributed by atoms with Gasteiger partial charge in [-0.25, -0.2) is 0 Å². The van der Waals surface area contributed by atoms with Gasteiger partial charge >= 0.3 is 118 Å². The van der Waals surface area contributed by atoms with Crippen LogP contribution in [0.1, 0.15) is 110 Å². The van der Waals surface area contributed by atoms with E-state index in [0.717, 1.165) is 6.42 Å². The third-order valence-corrected chi connectivity index (χ3v) is 9.15. The summed E-state index contributed by atoms with van der Waals surface area (Å²) in [5.41, 5.74) is 0. The van der Waals surface area contributed by atoms with Gasteiger partial charge in [-0.2, -0.15) is 0 Å². The zero-order valence-electron chi connectivity index (χ0n) is 14.6. The van der Waals surface area contributed by atoms with Gasteiger partial charge in [-0.3, -0.25) is 0 Å². The average Bonchev–Trinajstić information content (AvgIpc) is 2.50. The van der Waals surface area contributed by atoms with E-state index in [9.17, 15) is 4.79 Å². The second kappa shape index (κ2) is 19.5. The van der Waals surface area contributed by atoms with Gasteiger partial charge in [0.15, 0.2) is 0 Å². The van der Waals surface area contributed by atoms with E-state index in [2.05, 4.69) is 6.92 Å². The summed E-state index contributed by atoms with van der Waals surface area (Å²) in [6, 6.07) is 0. The van der Waals surface area contributed by atoms with E-state index in [0.29, 0.717) is 3.83 Å². The Labute approximate surface area is 156 Å². The van der Waals surface area contributed by atoms with Gasteiger partial charge in [-0.15, -0.1) is 0 Å². The van der Waals surface area contributed by atoms with Gasteiger partial charge in [0.25, 0.3) is 0 Å². The minimum atomic E-state index is -0.157. The van der Waals surface area contributed by atoms with Crippen molar-refractivity contribution in [3.8, 4) is 0 Å². The molecule has 0 amide bonds. The first-order valence-corrected chi connectivity index (χ1v) is 18.3. The summed E-state index contributed by atoms with van der Waals surface area (Å²) >= 11 is 1.02. The Morgan fingerprint density at radius 2 is 1.00 bits per heavy atom. The van der Waals surface area contributed by atoms with Crippen LogP contribution < -0.4 is 0 Å². The summed E-state index contributed by atoms with van der Waals surface area (Å²) in [6.07, 6.45) is 21.9. The predicted octanol–water partition coefficient (Wildman–Crippen LogP) is 5.56. The molecule has 0 aliphatic heterocycles. The number of hydrogen-bond donors (Lipinski definition) is 0. The Morgan fingerprint density at radius 3 is 1.33 bits per heavy atom. The molecule has 0 N–H and O–H groups in total. The maximum absolute atomic E-state index is 11.2. The molecule has 0 aliphatic carbocycles. The molecule has 0 saturated heterocycles. The summed E-state index contributed by atoms with van der Waals surface area (Å²) < 4.78 is 0.627. The molecule has 0 aliphatic rings. The molecule has 3 heteroatoms. The Hall–Kier alpha value is 1.46. The van der Waals surface area contributed by atoms with Gasteiger partial charge < -0.3 is 0 Å².